The lowest BCUT2D eigenvalue weighted by molar-refractivity contribution is 0.0361. The molecule has 2 heteroatoms. The number of aromatic amines is 1. The molecular formula is C17H23NO. The summed E-state index contributed by atoms with van der Waals surface area (Å²) in [5.41, 5.74) is 4.09. The first kappa shape index (κ1) is 12.7. The van der Waals surface area contributed by atoms with Gasteiger partial charge in [0, 0.05) is 23.2 Å². The molecule has 0 fully saturated rings. The van der Waals surface area contributed by atoms with Crippen molar-refractivity contribution in [3.63, 3.8) is 0 Å². The van der Waals surface area contributed by atoms with Gasteiger partial charge in [0.2, 0.25) is 0 Å². The van der Waals surface area contributed by atoms with E-state index in [1.165, 1.54) is 54.3 Å². The first-order chi connectivity index (χ1) is 9.40. The highest BCUT2D eigenvalue weighted by atomic mass is 16.5. The fraction of sp³-hybridized carbons (Fsp3) is 0.529. The molecule has 1 aromatic carbocycles. The van der Waals surface area contributed by atoms with Crippen molar-refractivity contribution in [2.75, 3.05) is 6.61 Å². The topological polar surface area (TPSA) is 25.0 Å². The molecule has 1 aromatic heterocycles. The number of aromatic nitrogens is 1. The standard InChI is InChI=1S/C17H23NO/c1-2-3-6-12-19-16-11-7-9-14-13-8-4-5-10-15(13)18-17(14)16/h4-5,8,10,16,18H,2-3,6-7,9,11-12H2,1H3. The quantitative estimate of drug-likeness (QED) is 0.768. The zero-order valence-electron chi connectivity index (χ0n) is 11.7. The molecule has 0 bridgehead atoms. The third-order valence-electron chi connectivity index (χ3n) is 4.13. The minimum absolute atomic E-state index is 0.285. The van der Waals surface area contributed by atoms with Gasteiger partial charge in [0.05, 0.1) is 6.10 Å². The summed E-state index contributed by atoms with van der Waals surface area (Å²) >= 11 is 0. The molecule has 0 aliphatic heterocycles. The number of fused-ring (bicyclic) bond motifs is 3. The Morgan fingerprint density at radius 1 is 1.26 bits per heavy atom. The molecule has 1 atom stereocenters. The van der Waals surface area contributed by atoms with Crippen molar-refractivity contribution >= 4 is 10.9 Å². The van der Waals surface area contributed by atoms with E-state index in [4.69, 9.17) is 4.74 Å². The molecule has 1 unspecified atom stereocenters. The van der Waals surface area contributed by atoms with Crippen LogP contribution < -0.4 is 0 Å². The Morgan fingerprint density at radius 3 is 3.05 bits per heavy atom. The van der Waals surface area contributed by atoms with E-state index < -0.39 is 0 Å². The van der Waals surface area contributed by atoms with Gasteiger partial charge in [-0.15, -0.1) is 0 Å². The van der Waals surface area contributed by atoms with E-state index in [0.717, 1.165) is 13.0 Å². The fourth-order valence-corrected chi connectivity index (χ4v) is 3.12. The van der Waals surface area contributed by atoms with E-state index in [9.17, 15) is 0 Å². The highest BCUT2D eigenvalue weighted by Gasteiger charge is 2.24. The first-order valence-electron chi connectivity index (χ1n) is 7.61. The summed E-state index contributed by atoms with van der Waals surface area (Å²) in [5.74, 6) is 0. The maximum absolute atomic E-state index is 6.11. The number of benzene rings is 1. The second kappa shape index (κ2) is 5.79. The molecule has 102 valence electrons. The number of H-pyrrole nitrogens is 1. The number of hydrogen-bond donors (Lipinski definition) is 1. The van der Waals surface area contributed by atoms with Crippen molar-refractivity contribution in [1.29, 1.82) is 0 Å². The van der Waals surface area contributed by atoms with Crippen LogP contribution in [0.5, 0.6) is 0 Å². The molecule has 1 heterocycles. The van der Waals surface area contributed by atoms with Crippen LogP contribution in [0.1, 0.15) is 56.4 Å². The Balaban J connectivity index is 1.79. The van der Waals surface area contributed by atoms with Gasteiger partial charge in [-0.05, 0) is 37.3 Å². The van der Waals surface area contributed by atoms with E-state index in [1.54, 1.807) is 0 Å². The van der Waals surface area contributed by atoms with Crippen molar-refractivity contribution < 1.29 is 4.74 Å². The van der Waals surface area contributed by atoms with Gasteiger partial charge >= 0.3 is 0 Å². The number of hydrogen-bond acceptors (Lipinski definition) is 1. The largest absolute Gasteiger partial charge is 0.372 e. The molecule has 2 nitrogen and oxygen atoms in total. The number of unbranched alkanes of at least 4 members (excludes halogenated alkanes) is 2. The van der Waals surface area contributed by atoms with E-state index >= 15 is 0 Å². The van der Waals surface area contributed by atoms with Crippen LogP contribution in [0.15, 0.2) is 24.3 Å². The van der Waals surface area contributed by atoms with Crippen LogP contribution in [0.2, 0.25) is 0 Å². The maximum atomic E-state index is 6.11. The summed E-state index contributed by atoms with van der Waals surface area (Å²) in [6.45, 7) is 3.13. The van der Waals surface area contributed by atoms with E-state index in [1.807, 2.05) is 0 Å². The average Bonchev–Trinajstić information content (AvgIpc) is 2.83. The zero-order valence-corrected chi connectivity index (χ0v) is 11.7. The molecule has 19 heavy (non-hydrogen) atoms. The molecule has 0 radical (unpaired) electrons. The molecule has 0 spiro atoms. The summed E-state index contributed by atoms with van der Waals surface area (Å²) in [4.78, 5) is 3.58. The molecule has 0 saturated heterocycles. The van der Waals surface area contributed by atoms with Crippen LogP contribution in [-0.4, -0.2) is 11.6 Å². The summed E-state index contributed by atoms with van der Waals surface area (Å²) in [7, 11) is 0. The first-order valence-corrected chi connectivity index (χ1v) is 7.61. The minimum atomic E-state index is 0.285. The van der Waals surface area contributed by atoms with Gasteiger partial charge in [-0.3, -0.25) is 0 Å². The van der Waals surface area contributed by atoms with Crippen molar-refractivity contribution in [2.24, 2.45) is 0 Å². The minimum Gasteiger partial charge on any atom is -0.372 e. The smallest absolute Gasteiger partial charge is 0.0975 e. The van der Waals surface area contributed by atoms with E-state index in [2.05, 4.69) is 36.2 Å². The van der Waals surface area contributed by atoms with Crippen LogP contribution in [0.25, 0.3) is 10.9 Å². The average molecular weight is 257 g/mol. The van der Waals surface area contributed by atoms with Crippen molar-refractivity contribution in [1.82, 2.24) is 4.98 Å². The van der Waals surface area contributed by atoms with Gasteiger partial charge in [-0.1, -0.05) is 38.0 Å². The Morgan fingerprint density at radius 2 is 2.16 bits per heavy atom. The second-order valence-corrected chi connectivity index (χ2v) is 5.52. The summed E-state index contributed by atoms with van der Waals surface area (Å²) < 4.78 is 6.11. The van der Waals surface area contributed by atoms with Crippen molar-refractivity contribution in [2.45, 2.75) is 51.6 Å². The Hall–Kier alpha value is -1.28. The predicted octanol–water partition coefficient (Wildman–Crippen LogP) is 4.75. The molecule has 0 amide bonds. The summed E-state index contributed by atoms with van der Waals surface area (Å²) in [5, 5.41) is 1.39. The van der Waals surface area contributed by atoms with Gasteiger partial charge < -0.3 is 9.72 Å². The predicted molar refractivity (Wildman–Crippen MR) is 79.5 cm³/mol. The number of ether oxygens (including phenoxy) is 1. The summed E-state index contributed by atoms with van der Waals surface area (Å²) in [6.07, 6.45) is 7.58. The van der Waals surface area contributed by atoms with Gasteiger partial charge in [-0.2, -0.15) is 0 Å². The number of rotatable bonds is 5. The lowest BCUT2D eigenvalue weighted by atomic mass is 9.93. The Kier molecular flexibility index (Phi) is 3.88. The van der Waals surface area contributed by atoms with Crippen LogP contribution in [0.4, 0.5) is 0 Å². The molecular weight excluding hydrogens is 234 g/mol. The molecule has 1 aliphatic rings. The second-order valence-electron chi connectivity index (χ2n) is 5.52. The van der Waals surface area contributed by atoms with Gasteiger partial charge in [-0.25, -0.2) is 0 Å². The van der Waals surface area contributed by atoms with Gasteiger partial charge in [0.25, 0.3) is 0 Å². The van der Waals surface area contributed by atoms with Gasteiger partial charge in [0.15, 0.2) is 0 Å². The van der Waals surface area contributed by atoms with E-state index in [-0.39, 0.29) is 6.10 Å². The highest BCUT2D eigenvalue weighted by Crippen LogP contribution is 2.36. The third-order valence-corrected chi connectivity index (χ3v) is 4.13. The number of para-hydroxylation sites is 1. The fourth-order valence-electron chi connectivity index (χ4n) is 3.12. The molecule has 0 saturated carbocycles. The van der Waals surface area contributed by atoms with Crippen LogP contribution in [-0.2, 0) is 11.2 Å². The van der Waals surface area contributed by atoms with Crippen LogP contribution in [0, 0.1) is 0 Å². The maximum Gasteiger partial charge on any atom is 0.0975 e. The van der Waals surface area contributed by atoms with Crippen molar-refractivity contribution in [3.05, 3.63) is 35.5 Å². The lowest BCUT2D eigenvalue weighted by Crippen LogP contribution is -2.13. The number of aryl methyl sites for hydroxylation is 1. The van der Waals surface area contributed by atoms with Crippen molar-refractivity contribution in [3.8, 4) is 0 Å². The zero-order chi connectivity index (χ0) is 13.1. The SMILES string of the molecule is CCCCCOC1CCCc2c1[nH]c1ccccc21. The van der Waals surface area contributed by atoms with E-state index in [0.29, 0.717) is 0 Å². The Labute approximate surface area is 115 Å². The van der Waals surface area contributed by atoms with Gasteiger partial charge in [0.1, 0.15) is 0 Å². The van der Waals surface area contributed by atoms with Crippen LogP contribution in [0.3, 0.4) is 0 Å². The molecule has 1 N–H and O–H groups in total. The molecule has 3 rings (SSSR count). The molecule has 1 aliphatic carbocycles. The molecule has 2 aromatic rings. The third kappa shape index (κ3) is 2.55. The number of nitrogens with one attached hydrogen (secondary N) is 1. The monoisotopic (exact) mass is 257 g/mol. The summed E-state index contributed by atoms with van der Waals surface area (Å²) in [6, 6.07) is 8.62. The Bertz CT molecular complexity index is 543. The highest BCUT2D eigenvalue weighted by molar-refractivity contribution is 5.85. The normalized spacial score (nSPS) is 18.7. The van der Waals surface area contributed by atoms with Crippen LogP contribution >= 0.6 is 0 Å². The lowest BCUT2D eigenvalue weighted by Gasteiger charge is -2.23.